The molecular formula is C51H32N3O-. The fraction of sp³-hybridized carbons (Fsp3) is 0.0196. The molecule has 0 amide bonds. The molecule has 11 rings (SSSR count). The van der Waals surface area contributed by atoms with E-state index in [0.29, 0.717) is 11.7 Å². The summed E-state index contributed by atoms with van der Waals surface area (Å²) in [6.45, 7) is 0. The molecule has 0 aliphatic carbocycles. The van der Waals surface area contributed by atoms with Crippen molar-refractivity contribution in [3.05, 3.63) is 210 Å². The highest BCUT2D eigenvalue weighted by molar-refractivity contribution is 6.33. The van der Waals surface area contributed by atoms with E-state index in [1.165, 1.54) is 43.4 Å². The lowest BCUT2D eigenvalue weighted by atomic mass is 9.90. The lowest BCUT2D eigenvalue weighted by Gasteiger charge is -2.32. The second-order valence-corrected chi connectivity index (χ2v) is 14.1. The number of nitrogens with zero attached hydrogens (tertiary/aromatic N) is 3. The fourth-order valence-corrected chi connectivity index (χ4v) is 8.14. The highest BCUT2D eigenvalue weighted by Gasteiger charge is 2.19. The monoisotopic (exact) mass is 702 g/mol. The molecule has 0 bridgehead atoms. The highest BCUT2D eigenvalue weighted by atomic mass is 16.3. The topological polar surface area (TPSA) is 52.0 Å². The third-order valence-corrected chi connectivity index (χ3v) is 10.8. The van der Waals surface area contributed by atoms with Crippen molar-refractivity contribution in [1.29, 1.82) is 0 Å². The summed E-state index contributed by atoms with van der Waals surface area (Å²) >= 11 is 0. The predicted molar refractivity (Wildman–Crippen MR) is 228 cm³/mol. The van der Waals surface area contributed by atoms with Crippen molar-refractivity contribution in [3.63, 3.8) is 0 Å². The molecular weight excluding hydrogens is 671 g/mol. The number of hydrogen-bond acceptors (Lipinski definition) is 3. The van der Waals surface area contributed by atoms with Crippen molar-refractivity contribution in [2.45, 2.75) is 6.17 Å². The molecule has 0 N–H and O–H groups in total. The molecule has 10 aromatic rings. The van der Waals surface area contributed by atoms with E-state index in [2.05, 4.69) is 127 Å². The van der Waals surface area contributed by atoms with Crippen molar-refractivity contribution in [1.82, 2.24) is 0 Å². The zero-order valence-electron chi connectivity index (χ0n) is 29.7. The van der Waals surface area contributed by atoms with Crippen LogP contribution in [-0.2, 0) is 0 Å². The van der Waals surface area contributed by atoms with Crippen LogP contribution in [-0.4, -0.2) is 11.7 Å². The van der Waals surface area contributed by atoms with Gasteiger partial charge in [-0.15, -0.1) is 0 Å². The molecule has 1 aliphatic heterocycles. The van der Waals surface area contributed by atoms with Gasteiger partial charge in [-0.1, -0.05) is 157 Å². The third-order valence-electron chi connectivity index (χ3n) is 10.8. The maximum Gasteiger partial charge on any atom is 0.136 e. The molecule has 4 heteroatoms. The van der Waals surface area contributed by atoms with Crippen LogP contribution in [0.1, 0.15) is 22.9 Å². The predicted octanol–water partition coefficient (Wildman–Crippen LogP) is 13.6. The minimum atomic E-state index is -0.422. The van der Waals surface area contributed by atoms with Crippen LogP contribution in [0.3, 0.4) is 0 Å². The number of fused-ring (bicyclic) bond motifs is 3. The Morgan fingerprint density at radius 2 is 0.982 bits per heavy atom. The van der Waals surface area contributed by atoms with Crippen LogP contribution in [0.4, 0.5) is 0 Å². The van der Waals surface area contributed by atoms with Gasteiger partial charge in [0.25, 0.3) is 0 Å². The average Bonchev–Trinajstić information content (AvgIpc) is 3.66. The van der Waals surface area contributed by atoms with Gasteiger partial charge in [-0.2, -0.15) is 0 Å². The fourth-order valence-electron chi connectivity index (χ4n) is 8.14. The summed E-state index contributed by atoms with van der Waals surface area (Å²) in [5.41, 5.74) is 11.7. The molecule has 1 unspecified atom stereocenters. The van der Waals surface area contributed by atoms with E-state index < -0.39 is 6.17 Å². The lowest BCUT2D eigenvalue weighted by Crippen LogP contribution is -2.15. The number of benzene rings is 9. The van der Waals surface area contributed by atoms with Gasteiger partial charge in [0.15, 0.2) is 0 Å². The molecule has 0 fully saturated rings. The first-order chi connectivity index (χ1) is 27.2. The van der Waals surface area contributed by atoms with Crippen LogP contribution in [0.5, 0.6) is 0 Å². The highest BCUT2D eigenvalue weighted by Crippen LogP contribution is 2.45. The summed E-state index contributed by atoms with van der Waals surface area (Å²) in [6, 6.07) is 66.1. The molecule has 1 atom stereocenters. The lowest BCUT2D eigenvalue weighted by molar-refractivity contribution is 0.669. The van der Waals surface area contributed by atoms with Crippen molar-refractivity contribution in [2.24, 2.45) is 9.98 Å². The summed E-state index contributed by atoms with van der Waals surface area (Å²) in [5.74, 6) is 1.37. The van der Waals surface area contributed by atoms with Crippen molar-refractivity contribution in [3.8, 4) is 33.4 Å². The minimum Gasteiger partial charge on any atom is -0.456 e. The maximum atomic E-state index is 6.52. The minimum absolute atomic E-state index is 0.422. The van der Waals surface area contributed by atoms with Crippen LogP contribution in [0.25, 0.3) is 82.2 Å². The van der Waals surface area contributed by atoms with Gasteiger partial charge >= 0.3 is 0 Å². The van der Waals surface area contributed by atoms with Gasteiger partial charge in [0, 0.05) is 10.8 Å². The maximum absolute atomic E-state index is 6.52. The normalized spacial score (nSPS) is 14.4. The number of hydrogen-bond donors (Lipinski definition) is 0. The molecule has 0 saturated carbocycles. The van der Waals surface area contributed by atoms with E-state index in [0.717, 1.165) is 50.1 Å². The Balaban J connectivity index is 0.992. The van der Waals surface area contributed by atoms with Crippen LogP contribution in [0, 0.1) is 0 Å². The van der Waals surface area contributed by atoms with Crippen molar-refractivity contribution < 1.29 is 4.42 Å². The van der Waals surface area contributed by atoms with Gasteiger partial charge in [-0.05, 0) is 108 Å². The second kappa shape index (κ2) is 12.7. The summed E-state index contributed by atoms with van der Waals surface area (Å²) in [4.78, 5) is 9.96. The Kier molecular flexibility index (Phi) is 7.20. The van der Waals surface area contributed by atoms with Gasteiger partial charge in [-0.25, -0.2) is 0 Å². The molecule has 258 valence electrons. The Morgan fingerprint density at radius 3 is 1.75 bits per heavy atom. The molecule has 0 saturated heterocycles. The largest absolute Gasteiger partial charge is 0.456 e. The molecule has 1 aromatic heterocycles. The molecule has 9 aromatic carbocycles. The summed E-state index contributed by atoms with van der Waals surface area (Å²) < 4.78 is 6.52. The van der Waals surface area contributed by atoms with Gasteiger partial charge < -0.3 is 14.7 Å². The second-order valence-electron chi connectivity index (χ2n) is 14.1. The summed E-state index contributed by atoms with van der Waals surface area (Å²) in [5, 5.41) is 12.3. The van der Waals surface area contributed by atoms with E-state index in [1.807, 2.05) is 60.7 Å². The van der Waals surface area contributed by atoms with E-state index in [9.17, 15) is 0 Å². The van der Waals surface area contributed by atoms with E-state index in [1.54, 1.807) is 0 Å². The standard InChI is InChI=1S/C51H32N3O/c1-4-13-32(14-5-1)40-30-44-41-26-25-38(29-43(41)42-23-12-24-45-47(42)48(44)46(31-40)55-45)36-20-10-19-35(27-36)37-21-11-22-39(28-37)51-53-49(33-15-6-2-7-16-33)52-50(54-51)34-17-8-3-9-18-34/h1-31,51H/q-1. The van der Waals surface area contributed by atoms with Gasteiger partial charge in [0.05, 0.1) is 12.0 Å². The Labute approximate surface area is 318 Å². The van der Waals surface area contributed by atoms with E-state index in [4.69, 9.17) is 19.7 Å². The van der Waals surface area contributed by atoms with Gasteiger partial charge in [0.2, 0.25) is 0 Å². The number of furan rings is 1. The summed E-state index contributed by atoms with van der Waals surface area (Å²) in [6.07, 6.45) is -0.422. The average molecular weight is 703 g/mol. The third kappa shape index (κ3) is 5.38. The number of rotatable bonds is 6. The van der Waals surface area contributed by atoms with Gasteiger partial charge in [-0.3, -0.25) is 4.99 Å². The van der Waals surface area contributed by atoms with E-state index >= 15 is 0 Å². The van der Waals surface area contributed by atoms with Crippen LogP contribution >= 0.6 is 0 Å². The van der Waals surface area contributed by atoms with Crippen LogP contribution < -0.4 is 0 Å². The van der Waals surface area contributed by atoms with Crippen molar-refractivity contribution in [2.75, 3.05) is 0 Å². The first-order valence-corrected chi connectivity index (χ1v) is 18.6. The molecule has 55 heavy (non-hydrogen) atoms. The Hall–Kier alpha value is -7.30. The summed E-state index contributed by atoms with van der Waals surface area (Å²) in [7, 11) is 0. The van der Waals surface area contributed by atoms with Crippen molar-refractivity contribution >= 4 is 55.2 Å². The Bertz CT molecular complexity index is 3110. The number of amidine groups is 2. The first-order valence-electron chi connectivity index (χ1n) is 18.6. The quantitative estimate of drug-likeness (QED) is 0.159. The number of aliphatic imine (C=N–C) groups is 2. The zero-order chi connectivity index (χ0) is 36.3. The van der Waals surface area contributed by atoms with Crippen LogP contribution in [0.15, 0.2) is 202 Å². The molecule has 0 radical (unpaired) electrons. The zero-order valence-corrected chi connectivity index (χ0v) is 29.7. The van der Waals surface area contributed by atoms with Crippen LogP contribution in [0.2, 0.25) is 0 Å². The molecule has 2 heterocycles. The van der Waals surface area contributed by atoms with E-state index in [-0.39, 0.29) is 0 Å². The van der Waals surface area contributed by atoms with Gasteiger partial charge in [0.1, 0.15) is 11.2 Å². The Morgan fingerprint density at radius 1 is 0.382 bits per heavy atom. The molecule has 4 nitrogen and oxygen atoms in total. The smallest absolute Gasteiger partial charge is 0.136 e. The molecule has 1 aliphatic rings. The first kappa shape index (κ1) is 31.2. The SMILES string of the molecule is c1ccc(C2=NC(c3cccc(-c4cccc(-c5ccc6c(c5)c5cccc7oc8cc(-c9ccccc9)cc6c8c75)c4)c3)[N-]C(c3ccccc3)=N2)cc1. The molecule has 0 spiro atoms.